The number of carbonyl (C=O) groups excluding carboxylic acids is 1. The van der Waals surface area contributed by atoms with Crippen molar-refractivity contribution < 1.29 is 19.4 Å². The number of Topliss-reactive ketones (excluding diaryl/α,β-unsaturated/α-hetero) is 1. The van der Waals surface area contributed by atoms with Gasteiger partial charge in [-0.1, -0.05) is 27.7 Å². The molecule has 3 saturated carbocycles. The molecule has 150 valence electrons. The summed E-state index contributed by atoms with van der Waals surface area (Å²) in [5.41, 5.74) is -0.760. The van der Waals surface area contributed by atoms with E-state index in [-0.39, 0.29) is 28.8 Å². The van der Waals surface area contributed by atoms with Crippen molar-refractivity contribution in [3.05, 3.63) is 0 Å². The quantitative estimate of drug-likeness (QED) is 0.821. The monoisotopic (exact) mass is 366 g/mol. The van der Waals surface area contributed by atoms with E-state index in [2.05, 4.69) is 27.7 Å². The molecule has 1 N–H and O–H groups in total. The van der Waals surface area contributed by atoms with Crippen LogP contribution in [0.3, 0.4) is 0 Å². The summed E-state index contributed by atoms with van der Waals surface area (Å²) >= 11 is 0. The van der Waals surface area contributed by atoms with Crippen molar-refractivity contribution in [1.82, 2.24) is 0 Å². The number of hydrogen-bond acceptors (Lipinski definition) is 4. The normalized spacial score (nSPS) is 51.7. The van der Waals surface area contributed by atoms with Crippen LogP contribution in [-0.4, -0.2) is 43.9 Å². The molecule has 8 atom stereocenters. The van der Waals surface area contributed by atoms with Gasteiger partial charge in [0.25, 0.3) is 0 Å². The smallest absolute Gasteiger partial charge is 0.142 e. The molecule has 0 aliphatic heterocycles. The molecule has 26 heavy (non-hydrogen) atoms. The first-order valence-corrected chi connectivity index (χ1v) is 10.4. The van der Waals surface area contributed by atoms with E-state index in [1.54, 1.807) is 14.2 Å². The summed E-state index contributed by atoms with van der Waals surface area (Å²) in [6.45, 7) is 9.34. The Morgan fingerprint density at radius 3 is 2.42 bits per heavy atom. The predicted octanol–water partition coefficient (Wildman–Crippen LogP) is 3.85. The lowest BCUT2D eigenvalue weighted by molar-refractivity contribution is -0.192. The number of hydrogen-bond donors (Lipinski definition) is 1. The Morgan fingerprint density at radius 2 is 1.81 bits per heavy atom. The Hall–Kier alpha value is -0.450. The van der Waals surface area contributed by atoms with E-state index in [0.717, 1.165) is 25.7 Å². The number of carbonyl (C=O) groups is 1. The number of rotatable bonds is 4. The fourth-order valence-electron chi connectivity index (χ4n) is 7.08. The van der Waals surface area contributed by atoms with Crippen molar-refractivity contribution in [1.29, 1.82) is 0 Å². The maximum absolute atomic E-state index is 13.7. The van der Waals surface area contributed by atoms with E-state index < -0.39 is 11.5 Å². The van der Waals surface area contributed by atoms with Crippen molar-refractivity contribution in [3.63, 3.8) is 0 Å². The zero-order chi connectivity index (χ0) is 19.3. The number of ketones is 1. The van der Waals surface area contributed by atoms with Crippen LogP contribution in [0.25, 0.3) is 0 Å². The summed E-state index contributed by atoms with van der Waals surface area (Å²) in [6, 6.07) is 0. The molecular formula is C22H38O4. The minimum absolute atomic E-state index is 0.00818. The first-order chi connectivity index (χ1) is 12.2. The number of aliphatic hydroxyl groups excluding tert-OH is 1. The lowest BCUT2D eigenvalue weighted by Crippen LogP contribution is -2.62. The van der Waals surface area contributed by atoms with Crippen LogP contribution in [0.1, 0.15) is 66.2 Å². The molecule has 3 aliphatic carbocycles. The van der Waals surface area contributed by atoms with Crippen LogP contribution in [0.5, 0.6) is 0 Å². The topological polar surface area (TPSA) is 55.8 Å². The summed E-state index contributed by atoms with van der Waals surface area (Å²) < 4.78 is 11.2. The van der Waals surface area contributed by atoms with E-state index in [4.69, 9.17) is 9.47 Å². The number of ether oxygens (including phenoxy) is 2. The second-order valence-corrected chi connectivity index (χ2v) is 9.94. The highest BCUT2D eigenvalue weighted by Crippen LogP contribution is 2.68. The molecule has 4 heteroatoms. The van der Waals surface area contributed by atoms with E-state index in [0.29, 0.717) is 31.1 Å². The van der Waals surface area contributed by atoms with E-state index in [1.807, 2.05) is 0 Å². The highest BCUT2D eigenvalue weighted by molar-refractivity contribution is 5.87. The molecule has 3 fully saturated rings. The SMILES string of the molecule is COCC[C@]1(C)C[C@@H](O)[C@]2(C)[C@@H](C)CC[C@]3(CC[C@@H](OC)[C@@H]32)[C@@H](C)C1=O. The first kappa shape index (κ1) is 20.3. The summed E-state index contributed by atoms with van der Waals surface area (Å²) in [5, 5.41) is 11.5. The highest BCUT2D eigenvalue weighted by Gasteiger charge is 2.67. The Kier molecular flexibility index (Phi) is 5.35. The van der Waals surface area contributed by atoms with Crippen molar-refractivity contribution in [2.45, 2.75) is 78.4 Å². The molecule has 2 bridgehead atoms. The standard InChI is InChI=1S/C22H38O4/c1-14-7-9-22-10-8-16(26-6)18(22)21(14,4)17(23)13-20(3,11-12-25-5)19(24)15(22)2/h14-18,23H,7-13H2,1-6H3/t14-,15-,16+,17+,18+,20+,21-,22-/m0/s1. The Bertz CT molecular complexity index is 548. The van der Waals surface area contributed by atoms with Crippen molar-refractivity contribution in [2.24, 2.45) is 34.0 Å². The zero-order valence-corrected chi connectivity index (χ0v) is 17.5. The Morgan fingerprint density at radius 1 is 1.15 bits per heavy atom. The molecule has 4 nitrogen and oxygen atoms in total. The minimum Gasteiger partial charge on any atom is -0.393 e. The van der Waals surface area contributed by atoms with Crippen LogP contribution in [0.15, 0.2) is 0 Å². The molecule has 0 aromatic rings. The molecule has 0 unspecified atom stereocenters. The van der Waals surface area contributed by atoms with Gasteiger partial charge in [-0.2, -0.15) is 0 Å². The van der Waals surface area contributed by atoms with Gasteiger partial charge >= 0.3 is 0 Å². The van der Waals surface area contributed by atoms with Gasteiger partial charge in [0.15, 0.2) is 0 Å². The molecule has 0 aromatic carbocycles. The maximum Gasteiger partial charge on any atom is 0.142 e. The average molecular weight is 367 g/mol. The molecule has 0 aromatic heterocycles. The van der Waals surface area contributed by atoms with Gasteiger partial charge in [0.1, 0.15) is 5.78 Å². The number of aliphatic hydroxyl groups is 1. The third-order valence-electron chi connectivity index (χ3n) is 9.03. The molecule has 3 aliphatic rings. The van der Waals surface area contributed by atoms with Gasteiger partial charge < -0.3 is 14.6 Å². The van der Waals surface area contributed by atoms with Crippen molar-refractivity contribution in [3.8, 4) is 0 Å². The van der Waals surface area contributed by atoms with Crippen LogP contribution >= 0.6 is 0 Å². The van der Waals surface area contributed by atoms with E-state index in [9.17, 15) is 9.90 Å². The molecule has 0 radical (unpaired) electrons. The van der Waals surface area contributed by atoms with Crippen LogP contribution < -0.4 is 0 Å². The van der Waals surface area contributed by atoms with Crippen molar-refractivity contribution in [2.75, 3.05) is 20.8 Å². The zero-order valence-electron chi connectivity index (χ0n) is 17.5. The largest absolute Gasteiger partial charge is 0.393 e. The third-order valence-corrected chi connectivity index (χ3v) is 9.03. The van der Waals surface area contributed by atoms with Gasteiger partial charge in [0.05, 0.1) is 12.2 Å². The van der Waals surface area contributed by atoms with E-state index >= 15 is 0 Å². The number of methoxy groups -OCH3 is 2. The Balaban J connectivity index is 2.12. The fourth-order valence-corrected chi connectivity index (χ4v) is 7.08. The summed E-state index contributed by atoms with van der Waals surface area (Å²) in [7, 11) is 3.48. The second kappa shape index (κ2) is 6.86. The summed E-state index contributed by atoms with van der Waals surface area (Å²) in [4.78, 5) is 13.7. The fraction of sp³-hybridized carbons (Fsp3) is 0.955. The minimum atomic E-state index is -0.518. The molecule has 0 amide bonds. The van der Waals surface area contributed by atoms with Gasteiger partial charge in [-0.3, -0.25) is 4.79 Å². The molecular weight excluding hydrogens is 328 g/mol. The summed E-state index contributed by atoms with van der Waals surface area (Å²) in [6.07, 6.45) is 5.08. The van der Waals surface area contributed by atoms with Gasteiger partial charge in [-0.05, 0) is 55.8 Å². The third kappa shape index (κ3) is 2.62. The van der Waals surface area contributed by atoms with E-state index in [1.165, 1.54) is 0 Å². The molecule has 0 spiro atoms. The lowest BCUT2D eigenvalue weighted by Gasteiger charge is -2.61. The molecule has 0 saturated heterocycles. The van der Waals surface area contributed by atoms with Crippen molar-refractivity contribution >= 4 is 5.78 Å². The van der Waals surface area contributed by atoms with Gasteiger partial charge in [-0.25, -0.2) is 0 Å². The van der Waals surface area contributed by atoms with Gasteiger partial charge in [0.2, 0.25) is 0 Å². The summed E-state index contributed by atoms with van der Waals surface area (Å²) in [5.74, 6) is 1.02. The van der Waals surface area contributed by atoms with Crippen LogP contribution in [0, 0.1) is 34.0 Å². The highest BCUT2D eigenvalue weighted by atomic mass is 16.5. The second-order valence-electron chi connectivity index (χ2n) is 9.94. The Labute approximate surface area is 159 Å². The van der Waals surface area contributed by atoms with Crippen LogP contribution in [0.4, 0.5) is 0 Å². The van der Waals surface area contributed by atoms with Crippen LogP contribution in [-0.2, 0) is 14.3 Å². The molecule has 3 rings (SSSR count). The maximum atomic E-state index is 13.7. The van der Waals surface area contributed by atoms with Crippen LogP contribution in [0.2, 0.25) is 0 Å². The lowest BCUT2D eigenvalue weighted by atomic mass is 9.44. The van der Waals surface area contributed by atoms with Gasteiger partial charge in [0, 0.05) is 37.6 Å². The average Bonchev–Trinajstić information content (AvgIpc) is 3.02. The predicted molar refractivity (Wildman–Crippen MR) is 102 cm³/mol. The molecule has 0 heterocycles. The van der Waals surface area contributed by atoms with Gasteiger partial charge in [-0.15, -0.1) is 0 Å². The first-order valence-electron chi connectivity index (χ1n) is 10.4.